The van der Waals surface area contributed by atoms with E-state index in [1.165, 1.54) is 30.5 Å². The smallest absolute Gasteiger partial charge is 0.274 e. The van der Waals surface area contributed by atoms with E-state index in [0.717, 1.165) is 17.7 Å². The summed E-state index contributed by atoms with van der Waals surface area (Å²) in [6.45, 7) is 0.452. The average Bonchev–Trinajstić information content (AvgIpc) is 2.65. The van der Waals surface area contributed by atoms with Gasteiger partial charge >= 0.3 is 0 Å². The Morgan fingerprint density at radius 3 is 2.23 bits per heavy atom. The van der Waals surface area contributed by atoms with Gasteiger partial charge in [-0.2, -0.15) is 0 Å². The average molecular weight is 357 g/mol. The monoisotopic (exact) mass is 357 g/mol. The first-order chi connectivity index (χ1) is 12.5. The Morgan fingerprint density at radius 1 is 0.923 bits per heavy atom. The summed E-state index contributed by atoms with van der Waals surface area (Å²) >= 11 is 0. The molecule has 0 radical (unpaired) electrons. The van der Waals surface area contributed by atoms with Gasteiger partial charge in [0.05, 0.1) is 11.9 Å². The van der Waals surface area contributed by atoms with Crippen LogP contribution in [0.3, 0.4) is 0 Å². The van der Waals surface area contributed by atoms with E-state index < -0.39 is 23.2 Å². The Hall–Kier alpha value is -3.35. The molecule has 4 nitrogen and oxygen atoms in total. The zero-order valence-corrected chi connectivity index (χ0v) is 13.5. The highest BCUT2D eigenvalue weighted by atomic mass is 19.1. The lowest BCUT2D eigenvalue weighted by atomic mass is 10.2. The molecule has 0 aliphatic rings. The van der Waals surface area contributed by atoms with Crippen molar-refractivity contribution in [3.8, 4) is 0 Å². The third-order valence-corrected chi connectivity index (χ3v) is 3.61. The first kappa shape index (κ1) is 17.5. The normalized spacial score (nSPS) is 10.4. The molecule has 2 aromatic carbocycles. The second-order valence-corrected chi connectivity index (χ2v) is 5.46. The van der Waals surface area contributed by atoms with Crippen molar-refractivity contribution in [3.05, 3.63) is 89.5 Å². The molecule has 0 bridgehead atoms. The third-order valence-electron chi connectivity index (χ3n) is 3.61. The van der Waals surface area contributed by atoms with Crippen molar-refractivity contribution >= 4 is 17.3 Å². The summed E-state index contributed by atoms with van der Waals surface area (Å²) in [5.41, 5.74) is 1.02. The van der Waals surface area contributed by atoms with E-state index in [1.807, 2.05) is 0 Å². The zero-order chi connectivity index (χ0) is 18.5. The SMILES string of the molecule is O=C(Nc1c(F)cccc1F)c1ccc(NCc2ccc(F)cc2)cn1. The number of hydrogen-bond donors (Lipinski definition) is 2. The largest absolute Gasteiger partial charge is 0.380 e. The van der Waals surface area contributed by atoms with Crippen molar-refractivity contribution in [1.82, 2.24) is 4.98 Å². The predicted molar refractivity (Wildman–Crippen MR) is 92.3 cm³/mol. The van der Waals surface area contributed by atoms with E-state index in [0.29, 0.717) is 12.2 Å². The number of rotatable bonds is 5. The van der Waals surface area contributed by atoms with E-state index in [-0.39, 0.29) is 11.5 Å². The Bertz CT molecular complexity index is 892. The van der Waals surface area contributed by atoms with Crippen LogP contribution in [0.2, 0.25) is 0 Å². The molecule has 2 N–H and O–H groups in total. The van der Waals surface area contributed by atoms with Crippen molar-refractivity contribution in [1.29, 1.82) is 0 Å². The Kier molecular flexibility index (Phi) is 5.17. The molecule has 7 heteroatoms. The molecule has 26 heavy (non-hydrogen) atoms. The number of para-hydroxylation sites is 1. The molecular weight excluding hydrogens is 343 g/mol. The molecule has 1 amide bonds. The highest BCUT2D eigenvalue weighted by Crippen LogP contribution is 2.19. The van der Waals surface area contributed by atoms with E-state index in [2.05, 4.69) is 15.6 Å². The number of carbonyl (C=O) groups is 1. The number of nitrogens with zero attached hydrogens (tertiary/aromatic N) is 1. The number of carbonyl (C=O) groups excluding carboxylic acids is 1. The lowest BCUT2D eigenvalue weighted by Gasteiger charge is -2.09. The Morgan fingerprint density at radius 2 is 1.62 bits per heavy atom. The van der Waals surface area contributed by atoms with Crippen molar-refractivity contribution in [2.75, 3.05) is 10.6 Å². The topological polar surface area (TPSA) is 54.0 Å². The molecule has 0 aliphatic carbocycles. The summed E-state index contributed by atoms with van der Waals surface area (Å²) in [7, 11) is 0. The fraction of sp³-hybridized carbons (Fsp3) is 0.0526. The number of hydrogen-bond acceptors (Lipinski definition) is 3. The van der Waals surface area contributed by atoms with Crippen LogP contribution in [0.25, 0.3) is 0 Å². The minimum Gasteiger partial charge on any atom is -0.380 e. The highest BCUT2D eigenvalue weighted by molar-refractivity contribution is 6.03. The second kappa shape index (κ2) is 7.69. The number of amides is 1. The number of nitrogens with one attached hydrogen (secondary N) is 2. The van der Waals surface area contributed by atoms with Gasteiger partial charge in [0.2, 0.25) is 0 Å². The Labute approximate surface area is 147 Å². The maximum Gasteiger partial charge on any atom is 0.274 e. The fourth-order valence-electron chi connectivity index (χ4n) is 2.23. The first-order valence-corrected chi connectivity index (χ1v) is 7.72. The molecule has 1 heterocycles. The lowest BCUT2D eigenvalue weighted by Crippen LogP contribution is -2.15. The molecule has 0 aliphatic heterocycles. The van der Waals surface area contributed by atoms with Crippen LogP contribution in [0.1, 0.15) is 16.1 Å². The molecule has 3 aromatic rings. The molecule has 0 unspecified atom stereocenters. The van der Waals surface area contributed by atoms with E-state index in [1.54, 1.807) is 18.2 Å². The highest BCUT2D eigenvalue weighted by Gasteiger charge is 2.14. The summed E-state index contributed by atoms with van der Waals surface area (Å²) in [5, 5.41) is 5.25. The van der Waals surface area contributed by atoms with Gasteiger partial charge in [-0.15, -0.1) is 0 Å². The summed E-state index contributed by atoms with van der Waals surface area (Å²) in [5.74, 6) is -2.76. The number of anilines is 2. The summed E-state index contributed by atoms with van der Waals surface area (Å²) in [6, 6.07) is 12.4. The van der Waals surface area contributed by atoms with Crippen LogP contribution in [0.4, 0.5) is 24.5 Å². The van der Waals surface area contributed by atoms with Gasteiger partial charge < -0.3 is 10.6 Å². The maximum atomic E-state index is 13.6. The van der Waals surface area contributed by atoms with Crippen molar-refractivity contribution in [3.63, 3.8) is 0 Å². The van der Waals surface area contributed by atoms with Crippen molar-refractivity contribution in [2.24, 2.45) is 0 Å². The standard InChI is InChI=1S/C19H14F3N3O/c20-13-6-4-12(5-7-13)10-23-14-8-9-17(24-11-14)19(26)25-18-15(21)2-1-3-16(18)22/h1-9,11,23H,10H2,(H,25,26). The maximum absolute atomic E-state index is 13.6. The van der Waals surface area contributed by atoms with Crippen molar-refractivity contribution < 1.29 is 18.0 Å². The molecule has 0 saturated carbocycles. The second-order valence-electron chi connectivity index (χ2n) is 5.46. The molecule has 0 spiro atoms. The summed E-state index contributed by atoms with van der Waals surface area (Å²) in [4.78, 5) is 16.1. The van der Waals surface area contributed by atoms with Crippen LogP contribution in [-0.4, -0.2) is 10.9 Å². The fourth-order valence-corrected chi connectivity index (χ4v) is 2.23. The van der Waals surface area contributed by atoms with Crippen LogP contribution in [-0.2, 0) is 6.54 Å². The van der Waals surface area contributed by atoms with E-state index in [9.17, 15) is 18.0 Å². The molecule has 3 rings (SSSR count). The number of aromatic nitrogens is 1. The van der Waals surface area contributed by atoms with Crippen LogP contribution >= 0.6 is 0 Å². The Balaban J connectivity index is 1.63. The summed E-state index contributed by atoms with van der Waals surface area (Å²) in [6.07, 6.45) is 1.43. The van der Waals surface area contributed by atoms with Gasteiger partial charge in [-0.05, 0) is 42.0 Å². The first-order valence-electron chi connectivity index (χ1n) is 7.72. The number of pyridine rings is 1. The van der Waals surface area contributed by atoms with Crippen LogP contribution < -0.4 is 10.6 Å². The minimum absolute atomic E-state index is 0.0139. The zero-order valence-electron chi connectivity index (χ0n) is 13.5. The van der Waals surface area contributed by atoms with Crippen LogP contribution in [0.5, 0.6) is 0 Å². The molecule has 0 fully saturated rings. The van der Waals surface area contributed by atoms with Crippen LogP contribution in [0.15, 0.2) is 60.8 Å². The third kappa shape index (κ3) is 4.18. The van der Waals surface area contributed by atoms with Crippen LogP contribution in [0, 0.1) is 17.5 Å². The van der Waals surface area contributed by atoms with Gasteiger partial charge in [-0.3, -0.25) is 4.79 Å². The van der Waals surface area contributed by atoms with E-state index >= 15 is 0 Å². The van der Waals surface area contributed by atoms with E-state index in [4.69, 9.17) is 0 Å². The molecule has 0 saturated heterocycles. The molecule has 132 valence electrons. The van der Waals surface area contributed by atoms with Gasteiger partial charge in [0, 0.05) is 6.54 Å². The van der Waals surface area contributed by atoms with Gasteiger partial charge in [-0.1, -0.05) is 18.2 Å². The van der Waals surface area contributed by atoms with Gasteiger partial charge in [0.15, 0.2) is 0 Å². The van der Waals surface area contributed by atoms with Gasteiger partial charge in [-0.25, -0.2) is 18.2 Å². The number of benzene rings is 2. The molecule has 0 atom stereocenters. The molecular formula is C19H14F3N3O. The van der Waals surface area contributed by atoms with Gasteiger partial charge in [0.25, 0.3) is 5.91 Å². The molecule has 1 aromatic heterocycles. The van der Waals surface area contributed by atoms with Gasteiger partial charge in [0.1, 0.15) is 28.8 Å². The lowest BCUT2D eigenvalue weighted by molar-refractivity contribution is 0.102. The van der Waals surface area contributed by atoms with Crippen molar-refractivity contribution in [2.45, 2.75) is 6.54 Å². The summed E-state index contributed by atoms with van der Waals surface area (Å²) < 4.78 is 40.0. The number of halogens is 3. The quantitative estimate of drug-likeness (QED) is 0.713. The minimum atomic E-state index is -0.865. The predicted octanol–water partition coefficient (Wildman–Crippen LogP) is 4.36.